The van der Waals surface area contributed by atoms with E-state index in [9.17, 15) is 14.4 Å². The molecule has 0 spiro atoms. The van der Waals surface area contributed by atoms with E-state index in [2.05, 4.69) is 347 Å². The van der Waals surface area contributed by atoms with Crippen LogP contribution in [-0.4, -0.2) is 36.5 Å². The minimum atomic E-state index is -0.337. The largest absolute Gasteiger partial charge is 0.460 e. The maximum absolute atomic E-state index is 11.7. The summed E-state index contributed by atoms with van der Waals surface area (Å²) in [5, 5.41) is 15.7. The molecule has 0 bridgehead atoms. The van der Waals surface area contributed by atoms with Crippen LogP contribution in [-0.2, 0) is 25.7 Å². The Hall–Kier alpha value is -13.0. The number of esters is 1. The van der Waals surface area contributed by atoms with Gasteiger partial charge in [0.1, 0.15) is 6.61 Å². The number of carbonyl (C=O) groups excluding carboxylic acids is 3. The molecule has 3 heterocycles. The summed E-state index contributed by atoms with van der Waals surface area (Å²) in [6.07, 6.45) is 4.94. The zero-order valence-corrected chi connectivity index (χ0v) is 71.6. The van der Waals surface area contributed by atoms with Crippen molar-refractivity contribution in [3.8, 4) is 5.69 Å². The highest BCUT2D eigenvalue weighted by molar-refractivity contribution is 8.14. The molecule has 15 aromatic carbocycles. The number of para-hydroxylation sites is 7. The molecule has 10 heteroatoms. The number of hydrogen-bond acceptors (Lipinski definition) is 7. The van der Waals surface area contributed by atoms with Crippen LogP contribution in [0.3, 0.4) is 0 Å². The van der Waals surface area contributed by atoms with Crippen molar-refractivity contribution in [3.05, 3.63) is 418 Å². The molecule has 0 radical (unpaired) electrons. The van der Waals surface area contributed by atoms with Gasteiger partial charge in [-0.05, 0) is 237 Å². The minimum absolute atomic E-state index is 0.0159. The molecule has 120 heavy (non-hydrogen) atoms. The van der Waals surface area contributed by atoms with E-state index in [1.54, 1.807) is 32.5 Å². The van der Waals surface area contributed by atoms with Crippen molar-refractivity contribution < 1.29 is 19.1 Å². The predicted octanol–water partition coefficient (Wildman–Crippen LogP) is 30.7. The third kappa shape index (κ3) is 20.2. The number of aromatic nitrogens is 3. The number of carbonyl (C=O) groups is 3. The Morgan fingerprint density at radius 3 is 1.21 bits per heavy atom. The first kappa shape index (κ1) is 84.9. The van der Waals surface area contributed by atoms with Gasteiger partial charge in [0.2, 0.25) is 10.2 Å². The molecule has 3 atom stereocenters. The van der Waals surface area contributed by atoms with Crippen LogP contribution in [0.1, 0.15) is 94.9 Å². The molecule has 3 aromatic heterocycles. The van der Waals surface area contributed by atoms with Gasteiger partial charge in [-0.25, -0.2) is 4.79 Å². The second-order valence-electron chi connectivity index (χ2n) is 29.9. The molecule has 18 aromatic rings. The highest BCUT2D eigenvalue weighted by Gasteiger charge is 2.27. The van der Waals surface area contributed by atoms with Gasteiger partial charge >= 0.3 is 5.97 Å². The van der Waals surface area contributed by atoms with E-state index >= 15 is 0 Å². The van der Waals surface area contributed by atoms with Crippen molar-refractivity contribution in [1.82, 2.24) is 13.7 Å². The number of rotatable bonds is 15. The first-order chi connectivity index (χ1) is 58.4. The van der Waals surface area contributed by atoms with Gasteiger partial charge in [0.05, 0.1) is 28.6 Å². The molecule has 0 N–H and O–H groups in total. The van der Waals surface area contributed by atoms with Crippen molar-refractivity contribution in [2.24, 2.45) is 0 Å². The first-order valence-corrected chi connectivity index (χ1v) is 43.0. The van der Waals surface area contributed by atoms with E-state index in [1.165, 1.54) is 145 Å². The highest BCUT2D eigenvalue weighted by Crippen LogP contribution is 2.46. The topological polar surface area (TPSA) is 75.2 Å². The van der Waals surface area contributed by atoms with Gasteiger partial charge in [-0.1, -0.05) is 321 Å². The highest BCUT2D eigenvalue weighted by atomic mass is 32.2. The normalized spacial score (nSPS) is 12.6. The number of nitrogens with zero attached hydrogens (tertiary/aromatic N) is 3. The molecule has 7 nitrogen and oxygen atoms in total. The average Bonchev–Trinajstić information content (AvgIpc) is 1.61. The number of fused-ring (bicyclic) bond motifs is 11. The summed E-state index contributed by atoms with van der Waals surface area (Å²) in [6.45, 7) is 33.7. The van der Waals surface area contributed by atoms with Crippen LogP contribution >= 0.6 is 35.3 Å². The van der Waals surface area contributed by atoms with Gasteiger partial charge < -0.3 is 18.4 Å². The summed E-state index contributed by atoms with van der Waals surface area (Å²) >= 11 is 4.01. The third-order valence-corrected chi connectivity index (χ3v) is 24.7. The molecule has 596 valence electrons. The van der Waals surface area contributed by atoms with Gasteiger partial charge in [0.25, 0.3) is 0 Å². The zero-order chi connectivity index (χ0) is 84.2. The summed E-state index contributed by atoms with van der Waals surface area (Å²) in [6, 6.07) is 120. The van der Waals surface area contributed by atoms with Gasteiger partial charge in [0, 0.05) is 80.4 Å². The number of hydrogen-bond donors (Lipinski definition) is 0. The van der Waals surface area contributed by atoms with Gasteiger partial charge in [0.15, 0.2) is 0 Å². The van der Waals surface area contributed by atoms with E-state index in [0.29, 0.717) is 47.6 Å². The fourth-order valence-electron chi connectivity index (χ4n) is 15.0. The lowest BCUT2D eigenvalue weighted by Crippen LogP contribution is -2.11. The maximum Gasteiger partial charge on any atom is 0.333 e. The third-order valence-electron chi connectivity index (χ3n) is 21.6. The van der Waals surface area contributed by atoms with Crippen LogP contribution in [0.4, 0.5) is 0 Å². The molecule has 1 aliphatic rings. The smallest absolute Gasteiger partial charge is 0.333 e. The summed E-state index contributed by atoms with van der Waals surface area (Å²) in [5.74, 6) is 1.68. The molecule has 3 unspecified atom stereocenters. The fourth-order valence-corrected chi connectivity index (χ4v) is 17.1. The van der Waals surface area contributed by atoms with Crippen LogP contribution < -0.4 is 0 Å². The standard InChI is InChI=1S/C20H18O2S3.C18H17NO2.C18H13N.C14H11N.C14H14.C14H16.C12H10/c1-13(2)19(21)24-17-9-5-15(6-10-17)23-16-7-11-18(12-8-16)25-20(22)14(3)4;1-13(2)18(20)21-12-11-19-16-9-5-3-7-14(16)15-8-4-6-10-17(15)19;1-2-8-14(9-3-1)19-17-12-6-4-10-15(17)16-11-5-7-13-18(16)19;1-2-15-13-9-5-3-7-11(13)12-8-4-6-10-14(12)15;1-9-10(2)13-8-4-6-11-5-3-7-12(9)14(11)13;1-3-11(2)13-9-8-12-6-4-5-7-14(12)10-13;1-2-10-7-8-11-5-3-4-6-12(11)9-10/h5-12H,1,3H2,2,4H3;3-10H,1,11-12H2,2H3;1-13H;2-10H,1H2;3-10H,1-2H3;4-11H,3H2,1-2H3;2-9H,1H2. The Labute approximate surface area is 717 Å². The Morgan fingerprint density at radius 2 is 0.775 bits per heavy atom. The summed E-state index contributed by atoms with van der Waals surface area (Å²) in [5.41, 5.74) is 15.7. The van der Waals surface area contributed by atoms with Gasteiger partial charge in [-0.15, -0.1) is 0 Å². The number of benzene rings is 15. The van der Waals surface area contributed by atoms with Crippen molar-refractivity contribution >= 4 is 161 Å². The Bertz CT molecular complexity index is 6470. The quantitative estimate of drug-likeness (QED) is 0.0575. The van der Waals surface area contributed by atoms with Crippen molar-refractivity contribution in [1.29, 1.82) is 0 Å². The lowest BCUT2D eigenvalue weighted by Gasteiger charge is -2.10. The van der Waals surface area contributed by atoms with Gasteiger partial charge in [-0.2, -0.15) is 0 Å². The lowest BCUT2D eigenvalue weighted by atomic mass is 9.94. The van der Waals surface area contributed by atoms with Gasteiger partial charge in [-0.3, -0.25) is 9.59 Å². The SMILES string of the molecule is C=C(C)C(=O)OCCn1c2ccccc2c2ccccc21.C=C(C)C(=O)Sc1ccc(Sc2ccc(SC(=O)C(=C)C)cc2)cc1.C=Cc1ccc2ccccc2c1.C=Cn1c2ccccc2c2ccccc21.CC1c2cccc3cccc(c23)C1C.CCC(C)c1ccc2ccccc2c1.c1ccc(-n2c3ccccc3c3ccccc32)cc1. The van der Waals surface area contributed by atoms with Crippen molar-refractivity contribution in [3.63, 3.8) is 0 Å². The summed E-state index contributed by atoms with van der Waals surface area (Å²) in [7, 11) is 0. The zero-order valence-electron chi connectivity index (χ0n) is 69.2. The van der Waals surface area contributed by atoms with Crippen molar-refractivity contribution in [2.75, 3.05) is 6.61 Å². The molecular weight excluding hydrogens is 1520 g/mol. The van der Waals surface area contributed by atoms with Crippen LogP contribution in [0, 0.1) is 0 Å². The van der Waals surface area contributed by atoms with E-state index < -0.39 is 0 Å². The molecule has 0 fully saturated rings. The van der Waals surface area contributed by atoms with Crippen LogP contribution in [0.25, 0.3) is 116 Å². The average molecular weight is 1620 g/mol. The molecule has 0 aliphatic heterocycles. The first-order valence-electron chi connectivity index (χ1n) is 40.6. The Morgan fingerprint density at radius 1 is 0.400 bits per heavy atom. The second-order valence-corrected chi connectivity index (χ2v) is 33.1. The van der Waals surface area contributed by atoms with E-state index in [0.717, 1.165) is 30.6 Å². The molecule has 0 saturated carbocycles. The van der Waals surface area contributed by atoms with Crippen molar-refractivity contribution in [2.45, 2.75) is 98.8 Å². The van der Waals surface area contributed by atoms with Crippen LogP contribution in [0.2, 0.25) is 0 Å². The Kier molecular flexibility index (Phi) is 28.6. The van der Waals surface area contributed by atoms with E-state index in [4.69, 9.17) is 4.74 Å². The molecule has 0 saturated heterocycles. The summed E-state index contributed by atoms with van der Waals surface area (Å²) < 4.78 is 11.9. The minimum Gasteiger partial charge on any atom is -0.460 e. The van der Waals surface area contributed by atoms with Crippen LogP contribution in [0.15, 0.2) is 415 Å². The number of ether oxygens (including phenoxy) is 1. The molecule has 19 rings (SSSR count). The maximum atomic E-state index is 11.7. The number of thioether (sulfide) groups is 2. The summed E-state index contributed by atoms with van der Waals surface area (Å²) in [4.78, 5) is 38.8. The van der Waals surface area contributed by atoms with E-state index in [1.807, 2.05) is 85.1 Å². The molecule has 0 amide bonds. The fraction of sp³-hybridized carbons (Fsp3) is 0.118. The predicted molar refractivity (Wildman–Crippen MR) is 518 cm³/mol. The molecule has 1 aliphatic carbocycles. The molecular formula is C110H99N3O4S3. The monoisotopic (exact) mass is 1620 g/mol. The van der Waals surface area contributed by atoms with E-state index in [-0.39, 0.29) is 16.2 Å². The Balaban J connectivity index is 0.000000122. The lowest BCUT2D eigenvalue weighted by molar-refractivity contribution is -0.139. The van der Waals surface area contributed by atoms with Crippen LogP contribution in [0.5, 0.6) is 0 Å². The second kappa shape index (κ2) is 40.5.